The Morgan fingerprint density at radius 1 is 1.23 bits per heavy atom. The molecular weight excluding hydrogens is 274 g/mol. The fourth-order valence-corrected chi connectivity index (χ4v) is 3.03. The van der Waals surface area contributed by atoms with Gasteiger partial charge in [0, 0.05) is 49.1 Å². The molecule has 2 heterocycles. The zero-order chi connectivity index (χ0) is 15.9. The molecular formula is C18H21N3O. The smallest absolute Gasteiger partial charge is 0.227 e. The number of anilines is 1. The van der Waals surface area contributed by atoms with Crippen molar-refractivity contribution in [2.24, 2.45) is 5.73 Å². The van der Waals surface area contributed by atoms with E-state index in [1.54, 1.807) is 11.1 Å². The molecule has 0 spiro atoms. The maximum Gasteiger partial charge on any atom is 0.227 e. The standard InChI is InChI=1S/C18H21N3O/c1-18(2)8-17(22)21(3)16-5-4-13(7-15(16)18)14-6-12(9-19)10-20-11-14/h4-7,10-11H,8-9,19H2,1-3H3. The van der Waals surface area contributed by atoms with Crippen LogP contribution < -0.4 is 10.6 Å². The Morgan fingerprint density at radius 2 is 2.00 bits per heavy atom. The summed E-state index contributed by atoms with van der Waals surface area (Å²) in [5, 5.41) is 0. The maximum absolute atomic E-state index is 12.1. The topological polar surface area (TPSA) is 59.2 Å². The molecule has 1 aromatic carbocycles. The Morgan fingerprint density at radius 3 is 2.73 bits per heavy atom. The van der Waals surface area contributed by atoms with Crippen molar-refractivity contribution in [3.05, 3.63) is 47.8 Å². The lowest BCUT2D eigenvalue weighted by atomic mass is 9.76. The summed E-state index contributed by atoms with van der Waals surface area (Å²) in [6.45, 7) is 4.72. The summed E-state index contributed by atoms with van der Waals surface area (Å²) >= 11 is 0. The lowest BCUT2D eigenvalue weighted by molar-refractivity contribution is -0.119. The third-order valence-corrected chi connectivity index (χ3v) is 4.42. The molecule has 0 saturated heterocycles. The fraction of sp³-hybridized carbons (Fsp3) is 0.333. The number of nitrogens with two attached hydrogens (primary N) is 1. The van der Waals surface area contributed by atoms with E-state index in [2.05, 4.69) is 31.0 Å². The SMILES string of the molecule is CN1C(=O)CC(C)(C)c2cc(-c3cncc(CN)c3)ccc21. The second-order valence-corrected chi connectivity index (χ2v) is 6.53. The minimum Gasteiger partial charge on any atom is -0.326 e. The van der Waals surface area contributed by atoms with E-state index in [0.29, 0.717) is 13.0 Å². The van der Waals surface area contributed by atoms with E-state index in [-0.39, 0.29) is 11.3 Å². The quantitative estimate of drug-likeness (QED) is 0.926. The number of benzene rings is 1. The monoisotopic (exact) mass is 295 g/mol. The second kappa shape index (κ2) is 5.21. The highest BCUT2D eigenvalue weighted by Crippen LogP contribution is 2.41. The Bertz CT molecular complexity index is 737. The number of amides is 1. The van der Waals surface area contributed by atoms with E-state index in [9.17, 15) is 4.79 Å². The summed E-state index contributed by atoms with van der Waals surface area (Å²) in [5.74, 6) is 0.164. The minimum absolute atomic E-state index is 0.159. The number of fused-ring (bicyclic) bond motifs is 1. The van der Waals surface area contributed by atoms with Gasteiger partial charge in [-0.25, -0.2) is 0 Å². The van der Waals surface area contributed by atoms with Gasteiger partial charge in [-0.15, -0.1) is 0 Å². The molecule has 2 N–H and O–H groups in total. The van der Waals surface area contributed by atoms with Crippen molar-refractivity contribution in [1.82, 2.24) is 4.98 Å². The van der Waals surface area contributed by atoms with E-state index < -0.39 is 0 Å². The number of hydrogen-bond donors (Lipinski definition) is 1. The van der Waals surface area contributed by atoms with Gasteiger partial charge in [0.25, 0.3) is 0 Å². The Labute approximate surface area is 131 Å². The van der Waals surface area contributed by atoms with E-state index in [4.69, 9.17) is 5.73 Å². The van der Waals surface area contributed by atoms with Crippen molar-refractivity contribution in [3.8, 4) is 11.1 Å². The molecule has 4 heteroatoms. The van der Waals surface area contributed by atoms with E-state index in [0.717, 1.165) is 22.4 Å². The highest BCUT2D eigenvalue weighted by molar-refractivity contribution is 5.97. The van der Waals surface area contributed by atoms with Crippen LogP contribution in [0.15, 0.2) is 36.7 Å². The van der Waals surface area contributed by atoms with Gasteiger partial charge in [0.15, 0.2) is 0 Å². The molecule has 0 unspecified atom stereocenters. The van der Waals surface area contributed by atoms with Gasteiger partial charge in [0.2, 0.25) is 5.91 Å². The number of rotatable bonds is 2. The van der Waals surface area contributed by atoms with Crippen LogP contribution in [-0.2, 0) is 16.8 Å². The molecule has 4 nitrogen and oxygen atoms in total. The lowest BCUT2D eigenvalue weighted by Gasteiger charge is -2.37. The molecule has 0 bridgehead atoms. The van der Waals surface area contributed by atoms with E-state index in [1.165, 1.54) is 5.56 Å². The molecule has 0 atom stereocenters. The molecule has 0 aliphatic carbocycles. The normalized spacial score (nSPS) is 16.5. The average Bonchev–Trinajstić information content (AvgIpc) is 2.52. The van der Waals surface area contributed by atoms with Gasteiger partial charge in [-0.3, -0.25) is 9.78 Å². The maximum atomic E-state index is 12.1. The van der Waals surface area contributed by atoms with Crippen LogP contribution in [-0.4, -0.2) is 17.9 Å². The van der Waals surface area contributed by atoms with Crippen LogP contribution in [0.5, 0.6) is 0 Å². The van der Waals surface area contributed by atoms with Crippen LogP contribution in [0.1, 0.15) is 31.4 Å². The first kappa shape index (κ1) is 14.7. The molecule has 22 heavy (non-hydrogen) atoms. The molecule has 1 aliphatic heterocycles. The molecule has 0 saturated carbocycles. The molecule has 114 valence electrons. The number of pyridine rings is 1. The van der Waals surface area contributed by atoms with Gasteiger partial charge < -0.3 is 10.6 Å². The van der Waals surface area contributed by atoms with Gasteiger partial charge in [-0.1, -0.05) is 19.9 Å². The first-order valence-corrected chi connectivity index (χ1v) is 7.48. The largest absolute Gasteiger partial charge is 0.326 e. The third-order valence-electron chi connectivity index (χ3n) is 4.42. The van der Waals surface area contributed by atoms with Crippen molar-refractivity contribution in [1.29, 1.82) is 0 Å². The van der Waals surface area contributed by atoms with E-state index in [1.807, 2.05) is 25.4 Å². The zero-order valence-corrected chi connectivity index (χ0v) is 13.3. The lowest BCUT2D eigenvalue weighted by Crippen LogP contribution is -2.39. The first-order chi connectivity index (χ1) is 10.4. The van der Waals surface area contributed by atoms with E-state index >= 15 is 0 Å². The zero-order valence-electron chi connectivity index (χ0n) is 13.3. The summed E-state index contributed by atoms with van der Waals surface area (Å²) < 4.78 is 0. The number of carbonyl (C=O) groups is 1. The number of nitrogens with zero attached hydrogens (tertiary/aromatic N) is 2. The summed E-state index contributed by atoms with van der Waals surface area (Å²) in [7, 11) is 1.84. The summed E-state index contributed by atoms with van der Waals surface area (Å²) in [5.41, 5.74) is 10.9. The molecule has 3 rings (SSSR count). The second-order valence-electron chi connectivity index (χ2n) is 6.53. The molecule has 1 aromatic heterocycles. The predicted molar refractivity (Wildman–Crippen MR) is 88.6 cm³/mol. The van der Waals surface area contributed by atoms with Crippen molar-refractivity contribution < 1.29 is 4.79 Å². The molecule has 0 radical (unpaired) electrons. The number of hydrogen-bond acceptors (Lipinski definition) is 3. The molecule has 1 amide bonds. The van der Waals surface area contributed by atoms with Gasteiger partial charge in [-0.05, 0) is 34.9 Å². The fourth-order valence-electron chi connectivity index (χ4n) is 3.03. The Balaban J connectivity index is 2.12. The average molecular weight is 295 g/mol. The number of aromatic nitrogens is 1. The van der Waals surface area contributed by atoms with Crippen LogP contribution in [0, 0.1) is 0 Å². The van der Waals surface area contributed by atoms with Crippen LogP contribution in [0.3, 0.4) is 0 Å². The molecule has 0 fully saturated rings. The van der Waals surface area contributed by atoms with Gasteiger partial charge in [0.05, 0.1) is 0 Å². The van der Waals surface area contributed by atoms with Crippen molar-refractivity contribution in [3.63, 3.8) is 0 Å². The van der Waals surface area contributed by atoms with Crippen molar-refractivity contribution in [2.75, 3.05) is 11.9 Å². The highest BCUT2D eigenvalue weighted by Gasteiger charge is 2.35. The summed E-state index contributed by atoms with van der Waals surface area (Å²) in [6, 6.07) is 8.31. The van der Waals surface area contributed by atoms with Crippen LogP contribution in [0.25, 0.3) is 11.1 Å². The predicted octanol–water partition coefficient (Wildman–Crippen LogP) is 2.85. The van der Waals surface area contributed by atoms with Crippen LogP contribution in [0.4, 0.5) is 5.69 Å². The van der Waals surface area contributed by atoms with Crippen molar-refractivity contribution in [2.45, 2.75) is 32.2 Å². The van der Waals surface area contributed by atoms with Gasteiger partial charge in [-0.2, -0.15) is 0 Å². The third kappa shape index (κ3) is 2.40. The van der Waals surface area contributed by atoms with Gasteiger partial charge in [0.1, 0.15) is 0 Å². The highest BCUT2D eigenvalue weighted by atomic mass is 16.2. The molecule has 1 aliphatic rings. The number of carbonyl (C=O) groups excluding carboxylic acids is 1. The minimum atomic E-state index is -0.159. The first-order valence-electron chi connectivity index (χ1n) is 7.48. The van der Waals surface area contributed by atoms with Crippen LogP contribution >= 0.6 is 0 Å². The molecule has 2 aromatic rings. The van der Waals surface area contributed by atoms with Crippen molar-refractivity contribution >= 4 is 11.6 Å². The Kier molecular flexibility index (Phi) is 3.49. The summed E-state index contributed by atoms with van der Waals surface area (Å²) in [6.07, 6.45) is 4.17. The summed E-state index contributed by atoms with van der Waals surface area (Å²) in [4.78, 5) is 18.1. The van der Waals surface area contributed by atoms with Crippen LogP contribution in [0.2, 0.25) is 0 Å². The van der Waals surface area contributed by atoms with Gasteiger partial charge >= 0.3 is 0 Å². The Hall–Kier alpha value is -2.20.